The summed E-state index contributed by atoms with van der Waals surface area (Å²) in [5.41, 5.74) is 8.81. The number of nitrogens with two attached hydrogens (primary N) is 1. The second-order valence-corrected chi connectivity index (χ2v) is 5.41. The Labute approximate surface area is 124 Å². The molecule has 0 radical (unpaired) electrons. The van der Waals surface area contributed by atoms with Gasteiger partial charge in [-0.1, -0.05) is 23.7 Å². The van der Waals surface area contributed by atoms with Crippen LogP contribution in [0.5, 0.6) is 0 Å². The molecule has 0 spiro atoms. The average Bonchev–Trinajstić information content (AvgIpc) is 2.41. The SMILES string of the molecule is C[C@@H](N)c1cc(F)ccc1N(C)Cc1ccc(Cl)cc1. The maximum absolute atomic E-state index is 13.4. The highest BCUT2D eigenvalue weighted by Crippen LogP contribution is 2.26. The van der Waals surface area contributed by atoms with E-state index in [2.05, 4.69) is 4.90 Å². The summed E-state index contributed by atoms with van der Waals surface area (Å²) in [6, 6.07) is 12.2. The monoisotopic (exact) mass is 292 g/mol. The van der Waals surface area contributed by atoms with Gasteiger partial charge in [-0.25, -0.2) is 4.39 Å². The van der Waals surface area contributed by atoms with Gasteiger partial charge in [-0.3, -0.25) is 0 Å². The van der Waals surface area contributed by atoms with Crippen molar-refractivity contribution in [2.24, 2.45) is 5.73 Å². The molecule has 2 rings (SSSR count). The van der Waals surface area contributed by atoms with Crippen molar-refractivity contribution in [3.8, 4) is 0 Å². The van der Waals surface area contributed by atoms with Crippen molar-refractivity contribution in [3.63, 3.8) is 0 Å². The highest BCUT2D eigenvalue weighted by atomic mass is 35.5. The zero-order valence-corrected chi connectivity index (χ0v) is 12.4. The predicted octanol–water partition coefficient (Wildman–Crippen LogP) is 4.14. The van der Waals surface area contributed by atoms with Crippen LogP contribution in [-0.4, -0.2) is 7.05 Å². The number of benzene rings is 2. The van der Waals surface area contributed by atoms with E-state index < -0.39 is 0 Å². The van der Waals surface area contributed by atoms with Crippen LogP contribution in [0.4, 0.5) is 10.1 Å². The summed E-state index contributed by atoms with van der Waals surface area (Å²) < 4.78 is 13.4. The molecule has 0 aromatic heterocycles. The van der Waals surface area contributed by atoms with Gasteiger partial charge < -0.3 is 10.6 Å². The third-order valence-electron chi connectivity index (χ3n) is 3.22. The fourth-order valence-corrected chi connectivity index (χ4v) is 2.31. The minimum absolute atomic E-state index is 0.214. The van der Waals surface area contributed by atoms with Gasteiger partial charge in [0.1, 0.15) is 5.82 Å². The molecule has 106 valence electrons. The predicted molar refractivity (Wildman–Crippen MR) is 82.6 cm³/mol. The van der Waals surface area contributed by atoms with Crippen molar-refractivity contribution in [2.45, 2.75) is 19.5 Å². The van der Waals surface area contributed by atoms with Crippen LogP contribution in [0.15, 0.2) is 42.5 Å². The number of nitrogens with zero attached hydrogens (tertiary/aromatic N) is 1. The zero-order valence-electron chi connectivity index (χ0n) is 11.6. The molecule has 4 heteroatoms. The number of hydrogen-bond acceptors (Lipinski definition) is 2. The first-order valence-corrected chi connectivity index (χ1v) is 6.86. The molecule has 0 aliphatic rings. The van der Waals surface area contributed by atoms with Crippen LogP contribution in [0.2, 0.25) is 5.02 Å². The molecular formula is C16H18ClFN2. The first kappa shape index (κ1) is 14.8. The van der Waals surface area contributed by atoms with Crippen molar-refractivity contribution < 1.29 is 4.39 Å². The van der Waals surface area contributed by atoms with E-state index in [-0.39, 0.29) is 11.9 Å². The van der Waals surface area contributed by atoms with Gasteiger partial charge in [0.05, 0.1) is 0 Å². The van der Waals surface area contributed by atoms with E-state index in [0.717, 1.165) is 21.8 Å². The molecule has 0 heterocycles. The second kappa shape index (κ2) is 6.25. The van der Waals surface area contributed by atoms with E-state index >= 15 is 0 Å². The van der Waals surface area contributed by atoms with Gasteiger partial charge in [0.15, 0.2) is 0 Å². The van der Waals surface area contributed by atoms with Gasteiger partial charge in [0.25, 0.3) is 0 Å². The smallest absolute Gasteiger partial charge is 0.123 e. The molecule has 2 N–H and O–H groups in total. The second-order valence-electron chi connectivity index (χ2n) is 4.97. The van der Waals surface area contributed by atoms with Crippen LogP contribution < -0.4 is 10.6 Å². The normalized spacial score (nSPS) is 12.2. The van der Waals surface area contributed by atoms with Gasteiger partial charge in [-0.05, 0) is 48.4 Å². The van der Waals surface area contributed by atoms with E-state index in [1.165, 1.54) is 12.1 Å². The van der Waals surface area contributed by atoms with Crippen LogP contribution in [0.25, 0.3) is 0 Å². The molecular weight excluding hydrogens is 275 g/mol. The van der Waals surface area contributed by atoms with Crippen molar-refractivity contribution in [1.29, 1.82) is 0 Å². The fourth-order valence-electron chi connectivity index (χ4n) is 2.19. The lowest BCUT2D eigenvalue weighted by atomic mass is 10.1. The van der Waals surface area contributed by atoms with Crippen LogP contribution in [0.1, 0.15) is 24.1 Å². The first-order chi connectivity index (χ1) is 9.47. The number of hydrogen-bond donors (Lipinski definition) is 1. The van der Waals surface area contributed by atoms with Crippen molar-refractivity contribution in [3.05, 3.63) is 64.4 Å². The highest BCUT2D eigenvalue weighted by Gasteiger charge is 2.12. The summed E-state index contributed by atoms with van der Waals surface area (Å²) >= 11 is 5.88. The summed E-state index contributed by atoms with van der Waals surface area (Å²) in [5.74, 6) is -0.263. The third-order valence-corrected chi connectivity index (χ3v) is 3.48. The summed E-state index contributed by atoms with van der Waals surface area (Å²) in [6.45, 7) is 2.57. The molecule has 0 bridgehead atoms. The fraction of sp³-hybridized carbons (Fsp3) is 0.250. The minimum atomic E-state index is -0.263. The maximum atomic E-state index is 13.4. The largest absolute Gasteiger partial charge is 0.370 e. The van der Waals surface area contributed by atoms with Crippen molar-refractivity contribution >= 4 is 17.3 Å². The Hall–Kier alpha value is -1.58. The Balaban J connectivity index is 2.24. The van der Waals surface area contributed by atoms with Crippen LogP contribution in [-0.2, 0) is 6.54 Å². The molecule has 0 saturated carbocycles. The number of rotatable bonds is 4. The summed E-state index contributed by atoms with van der Waals surface area (Å²) in [7, 11) is 1.97. The minimum Gasteiger partial charge on any atom is -0.370 e. The summed E-state index contributed by atoms with van der Waals surface area (Å²) in [4.78, 5) is 2.06. The molecule has 2 aromatic carbocycles. The Kier molecular flexibility index (Phi) is 4.63. The molecule has 0 aliphatic heterocycles. The average molecular weight is 293 g/mol. The molecule has 0 aliphatic carbocycles. The molecule has 0 fully saturated rings. The van der Waals surface area contributed by atoms with E-state index in [4.69, 9.17) is 17.3 Å². The van der Waals surface area contributed by atoms with Crippen LogP contribution in [0, 0.1) is 5.82 Å². The first-order valence-electron chi connectivity index (χ1n) is 6.48. The number of anilines is 1. The van der Waals surface area contributed by atoms with Crippen LogP contribution in [0.3, 0.4) is 0 Å². The molecule has 0 amide bonds. The highest BCUT2D eigenvalue weighted by molar-refractivity contribution is 6.30. The Morgan fingerprint density at radius 1 is 1.20 bits per heavy atom. The zero-order chi connectivity index (χ0) is 14.7. The Morgan fingerprint density at radius 2 is 1.85 bits per heavy atom. The quantitative estimate of drug-likeness (QED) is 0.918. The van der Waals surface area contributed by atoms with E-state index in [9.17, 15) is 4.39 Å². The molecule has 2 nitrogen and oxygen atoms in total. The number of halogens is 2. The summed E-state index contributed by atoms with van der Waals surface area (Å²) in [5, 5.41) is 0.717. The van der Waals surface area contributed by atoms with E-state index in [0.29, 0.717) is 6.54 Å². The van der Waals surface area contributed by atoms with Crippen molar-refractivity contribution in [1.82, 2.24) is 0 Å². The van der Waals surface area contributed by atoms with Gasteiger partial charge in [0.2, 0.25) is 0 Å². The van der Waals surface area contributed by atoms with Gasteiger partial charge in [-0.2, -0.15) is 0 Å². The van der Waals surface area contributed by atoms with Gasteiger partial charge >= 0.3 is 0 Å². The van der Waals surface area contributed by atoms with Gasteiger partial charge in [-0.15, -0.1) is 0 Å². The molecule has 2 aromatic rings. The molecule has 20 heavy (non-hydrogen) atoms. The van der Waals surface area contributed by atoms with Crippen molar-refractivity contribution in [2.75, 3.05) is 11.9 Å². The maximum Gasteiger partial charge on any atom is 0.123 e. The molecule has 0 unspecified atom stereocenters. The lowest BCUT2D eigenvalue weighted by molar-refractivity contribution is 0.622. The van der Waals surface area contributed by atoms with E-state index in [1.54, 1.807) is 6.07 Å². The van der Waals surface area contributed by atoms with E-state index in [1.807, 2.05) is 38.2 Å². The lowest BCUT2D eigenvalue weighted by Gasteiger charge is -2.24. The standard InChI is InChI=1S/C16H18ClFN2/c1-11(19)15-9-14(18)7-8-16(15)20(2)10-12-3-5-13(17)6-4-12/h3-9,11H,10,19H2,1-2H3/t11-/m1/s1. The Morgan fingerprint density at radius 3 is 2.45 bits per heavy atom. The third kappa shape index (κ3) is 3.50. The van der Waals surface area contributed by atoms with Gasteiger partial charge in [0, 0.05) is 30.3 Å². The summed E-state index contributed by atoms with van der Waals surface area (Å²) in [6.07, 6.45) is 0. The van der Waals surface area contributed by atoms with Crippen LogP contribution >= 0.6 is 11.6 Å². The topological polar surface area (TPSA) is 29.3 Å². The Bertz CT molecular complexity index is 582. The lowest BCUT2D eigenvalue weighted by Crippen LogP contribution is -2.20. The molecule has 0 saturated heterocycles. The molecule has 1 atom stereocenters.